The molecule has 0 saturated carbocycles. The van der Waals surface area contributed by atoms with Crippen LogP contribution in [0.3, 0.4) is 0 Å². The minimum absolute atomic E-state index is 1.98. The van der Waals surface area contributed by atoms with E-state index in [0.717, 1.165) is 0 Å². The molecule has 0 aliphatic rings. The smallest absolute Gasteiger partial charge is 0.239 e. The third kappa shape index (κ3) is 2.92. The molecule has 0 saturated heterocycles. The summed E-state index contributed by atoms with van der Waals surface area (Å²) in [4.78, 5) is 0. The molecule has 62 valence electrons. The second-order valence-corrected chi connectivity index (χ2v) is 2.48. The molecular formula is C4H4Cl2F4. The maximum atomic E-state index is 12.0. The number of alkyl halides is 6. The summed E-state index contributed by atoms with van der Waals surface area (Å²) in [7, 11) is 0. The Labute approximate surface area is 65.1 Å². The van der Waals surface area contributed by atoms with Gasteiger partial charge in [0.15, 0.2) is 11.8 Å². The largest absolute Gasteiger partial charge is 0.270 e. The Morgan fingerprint density at radius 2 is 1.30 bits per heavy atom. The van der Waals surface area contributed by atoms with E-state index in [9.17, 15) is 17.6 Å². The maximum absolute atomic E-state index is 12.0. The van der Waals surface area contributed by atoms with Crippen LogP contribution in [0.25, 0.3) is 0 Å². The summed E-state index contributed by atoms with van der Waals surface area (Å²) < 4.78 is 46.4. The fourth-order valence-corrected chi connectivity index (χ4v) is 0.527. The molecule has 0 aromatic heterocycles. The van der Waals surface area contributed by atoms with Gasteiger partial charge in [0.25, 0.3) is 6.43 Å². The van der Waals surface area contributed by atoms with Gasteiger partial charge in [-0.1, -0.05) is 11.6 Å². The third-order valence-electron chi connectivity index (χ3n) is 0.786. The van der Waals surface area contributed by atoms with Gasteiger partial charge < -0.3 is 0 Å². The Balaban J connectivity index is 3.81. The van der Waals surface area contributed by atoms with E-state index in [1.807, 2.05) is 0 Å². The van der Waals surface area contributed by atoms with Crippen LogP contribution in [0.2, 0.25) is 0 Å². The minimum Gasteiger partial charge on any atom is -0.239 e. The van der Waals surface area contributed by atoms with Gasteiger partial charge in [-0.2, -0.15) is 0 Å². The van der Waals surface area contributed by atoms with E-state index in [2.05, 4.69) is 11.6 Å². The molecule has 0 amide bonds. The molecule has 0 heterocycles. The molecule has 6 heteroatoms. The van der Waals surface area contributed by atoms with Gasteiger partial charge in [-0.25, -0.2) is 17.6 Å². The standard InChI is InChI=1S/C4H4Cl2F4/c5-1(3(6)8)2(7)4(9)10/h1-4H. The van der Waals surface area contributed by atoms with Crippen molar-refractivity contribution >= 4 is 23.2 Å². The predicted molar refractivity (Wildman–Crippen MR) is 31.3 cm³/mol. The number of hydrogen-bond donors (Lipinski definition) is 0. The lowest BCUT2D eigenvalue weighted by molar-refractivity contribution is 0.0413. The molecule has 0 fully saturated rings. The molecule has 0 bridgehead atoms. The lowest BCUT2D eigenvalue weighted by Crippen LogP contribution is -2.29. The van der Waals surface area contributed by atoms with Crippen molar-refractivity contribution in [2.45, 2.75) is 23.6 Å². The molecule has 0 nitrogen and oxygen atoms in total. The van der Waals surface area contributed by atoms with E-state index in [1.54, 1.807) is 0 Å². The average Bonchev–Trinajstić information content (AvgIpc) is 1.84. The second-order valence-electron chi connectivity index (χ2n) is 1.56. The van der Waals surface area contributed by atoms with E-state index < -0.39 is 23.6 Å². The summed E-state index contributed by atoms with van der Waals surface area (Å²) in [6, 6.07) is 0. The Bertz CT molecular complexity index is 85.3. The summed E-state index contributed by atoms with van der Waals surface area (Å²) in [5.41, 5.74) is -2.29. The molecule has 0 aliphatic carbocycles. The van der Waals surface area contributed by atoms with Gasteiger partial charge in [0.1, 0.15) is 5.38 Å². The zero-order valence-corrected chi connectivity index (χ0v) is 6.09. The predicted octanol–water partition coefficient (Wildman–Crippen LogP) is 2.73. The van der Waals surface area contributed by atoms with Crippen LogP contribution in [0, 0.1) is 0 Å². The van der Waals surface area contributed by atoms with E-state index in [4.69, 9.17) is 11.6 Å². The van der Waals surface area contributed by atoms with E-state index in [-0.39, 0.29) is 0 Å². The van der Waals surface area contributed by atoms with Gasteiger partial charge in [0, 0.05) is 0 Å². The molecule has 0 N–H and O–H groups in total. The first kappa shape index (κ1) is 10.3. The first-order chi connectivity index (χ1) is 4.46. The van der Waals surface area contributed by atoms with Crippen LogP contribution in [0.5, 0.6) is 0 Å². The Kier molecular flexibility index (Phi) is 4.36. The third-order valence-corrected chi connectivity index (χ3v) is 1.65. The highest BCUT2D eigenvalue weighted by Crippen LogP contribution is 2.22. The van der Waals surface area contributed by atoms with Crippen LogP contribution in [0.4, 0.5) is 17.6 Å². The Hall–Kier alpha value is 0.300. The monoisotopic (exact) mass is 198 g/mol. The van der Waals surface area contributed by atoms with Crippen LogP contribution in [-0.2, 0) is 0 Å². The van der Waals surface area contributed by atoms with Crippen molar-refractivity contribution in [3.05, 3.63) is 0 Å². The molecule has 0 radical (unpaired) electrons. The van der Waals surface area contributed by atoms with Crippen molar-refractivity contribution in [1.82, 2.24) is 0 Å². The Morgan fingerprint density at radius 1 is 0.900 bits per heavy atom. The first-order valence-corrected chi connectivity index (χ1v) is 3.18. The fraction of sp³-hybridized carbons (Fsp3) is 1.00. The van der Waals surface area contributed by atoms with Crippen LogP contribution in [-0.4, -0.2) is 23.6 Å². The number of halogens is 6. The summed E-state index contributed by atoms with van der Waals surface area (Å²) in [5, 5.41) is -1.98. The van der Waals surface area contributed by atoms with Gasteiger partial charge in [0.05, 0.1) is 0 Å². The minimum atomic E-state index is -3.29. The highest BCUT2D eigenvalue weighted by atomic mass is 35.5. The lowest BCUT2D eigenvalue weighted by Gasteiger charge is -2.12. The molecule has 0 aromatic rings. The topological polar surface area (TPSA) is 0 Å². The normalized spacial score (nSPS) is 20.7. The molecule has 3 unspecified atom stereocenters. The van der Waals surface area contributed by atoms with Crippen molar-refractivity contribution in [2.75, 3.05) is 0 Å². The first-order valence-electron chi connectivity index (χ1n) is 2.31. The molecule has 0 spiro atoms. The summed E-state index contributed by atoms with van der Waals surface area (Å²) >= 11 is 9.39. The van der Waals surface area contributed by atoms with Gasteiger partial charge >= 0.3 is 0 Å². The zero-order valence-electron chi connectivity index (χ0n) is 4.58. The molecular weight excluding hydrogens is 195 g/mol. The van der Waals surface area contributed by atoms with Crippen molar-refractivity contribution in [3.8, 4) is 0 Å². The van der Waals surface area contributed by atoms with Crippen LogP contribution in [0.1, 0.15) is 0 Å². The van der Waals surface area contributed by atoms with Crippen molar-refractivity contribution < 1.29 is 17.6 Å². The van der Waals surface area contributed by atoms with Gasteiger partial charge in [0.2, 0.25) is 0 Å². The molecule has 0 aliphatic heterocycles. The number of hydrogen-bond acceptors (Lipinski definition) is 0. The fourth-order valence-electron chi connectivity index (χ4n) is 0.278. The summed E-state index contributed by atoms with van der Waals surface area (Å²) in [5.74, 6) is 0. The van der Waals surface area contributed by atoms with Gasteiger partial charge in [-0.05, 0) is 0 Å². The maximum Gasteiger partial charge on any atom is 0.270 e. The SMILES string of the molecule is FC(F)C(F)C(Cl)C(F)Cl. The molecule has 0 rings (SSSR count). The number of rotatable bonds is 3. The van der Waals surface area contributed by atoms with Crippen molar-refractivity contribution in [3.63, 3.8) is 0 Å². The van der Waals surface area contributed by atoms with Crippen molar-refractivity contribution in [2.24, 2.45) is 0 Å². The zero-order chi connectivity index (χ0) is 8.31. The van der Waals surface area contributed by atoms with Gasteiger partial charge in [-0.15, -0.1) is 11.6 Å². The second kappa shape index (κ2) is 4.23. The molecule has 10 heavy (non-hydrogen) atoms. The molecule has 0 aromatic carbocycles. The van der Waals surface area contributed by atoms with E-state index in [1.165, 1.54) is 0 Å². The van der Waals surface area contributed by atoms with Crippen LogP contribution >= 0.6 is 23.2 Å². The quantitative estimate of drug-likeness (QED) is 0.484. The van der Waals surface area contributed by atoms with E-state index in [0.29, 0.717) is 0 Å². The van der Waals surface area contributed by atoms with Crippen molar-refractivity contribution in [1.29, 1.82) is 0 Å². The lowest BCUT2D eigenvalue weighted by atomic mass is 10.3. The van der Waals surface area contributed by atoms with E-state index >= 15 is 0 Å². The van der Waals surface area contributed by atoms with Gasteiger partial charge in [-0.3, -0.25) is 0 Å². The van der Waals surface area contributed by atoms with Crippen LogP contribution < -0.4 is 0 Å². The summed E-state index contributed by atoms with van der Waals surface area (Å²) in [6.45, 7) is 0. The molecule has 3 atom stereocenters. The van der Waals surface area contributed by atoms with Crippen LogP contribution in [0.15, 0.2) is 0 Å². The average molecular weight is 199 g/mol. The highest BCUT2D eigenvalue weighted by molar-refractivity contribution is 6.29. The highest BCUT2D eigenvalue weighted by Gasteiger charge is 2.33. The summed E-state index contributed by atoms with van der Waals surface area (Å²) in [6.07, 6.45) is -6.01. The Morgan fingerprint density at radius 3 is 1.40 bits per heavy atom.